The highest BCUT2D eigenvalue weighted by atomic mass is 16.5. The molecule has 1 aromatic rings. The second-order valence-electron chi connectivity index (χ2n) is 4.83. The minimum Gasteiger partial charge on any atom is -0.494 e. The summed E-state index contributed by atoms with van der Waals surface area (Å²) in [6.07, 6.45) is 5.50. The van der Waals surface area contributed by atoms with Gasteiger partial charge < -0.3 is 15.2 Å². The summed E-state index contributed by atoms with van der Waals surface area (Å²) in [4.78, 5) is 0. The number of hydrogen-bond donors (Lipinski definition) is 1. The van der Waals surface area contributed by atoms with Gasteiger partial charge in [-0.3, -0.25) is 0 Å². The van der Waals surface area contributed by atoms with E-state index in [1.807, 2.05) is 12.1 Å². The van der Waals surface area contributed by atoms with Crippen molar-refractivity contribution in [2.24, 2.45) is 5.73 Å². The maximum absolute atomic E-state index is 5.65. The van der Waals surface area contributed by atoms with Gasteiger partial charge in [-0.1, -0.05) is 17.7 Å². The highest BCUT2D eigenvalue weighted by Gasteiger charge is 1.94. The lowest BCUT2D eigenvalue weighted by Gasteiger charge is -2.07. The second-order valence-corrected chi connectivity index (χ2v) is 4.83. The molecule has 0 atom stereocenters. The van der Waals surface area contributed by atoms with E-state index in [0.29, 0.717) is 0 Å². The van der Waals surface area contributed by atoms with Crippen molar-refractivity contribution in [1.29, 1.82) is 0 Å². The van der Waals surface area contributed by atoms with Crippen LogP contribution in [0.5, 0.6) is 5.75 Å². The van der Waals surface area contributed by atoms with Crippen molar-refractivity contribution in [1.82, 2.24) is 0 Å². The molecule has 108 valence electrons. The zero-order chi connectivity index (χ0) is 13.8. The van der Waals surface area contributed by atoms with Crippen molar-refractivity contribution >= 4 is 0 Å². The van der Waals surface area contributed by atoms with E-state index >= 15 is 0 Å². The van der Waals surface area contributed by atoms with Crippen LogP contribution in [0.4, 0.5) is 0 Å². The van der Waals surface area contributed by atoms with Crippen LogP contribution in [-0.2, 0) is 4.74 Å². The Balaban J connectivity index is 1.87. The number of rotatable bonds is 11. The van der Waals surface area contributed by atoms with E-state index in [1.165, 1.54) is 12.0 Å². The first-order valence-electron chi connectivity index (χ1n) is 7.30. The summed E-state index contributed by atoms with van der Waals surface area (Å²) in [5, 5.41) is 0. The smallest absolute Gasteiger partial charge is 0.119 e. The topological polar surface area (TPSA) is 44.5 Å². The Hall–Kier alpha value is -1.06. The fourth-order valence-electron chi connectivity index (χ4n) is 1.76. The van der Waals surface area contributed by atoms with E-state index in [9.17, 15) is 0 Å². The zero-order valence-electron chi connectivity index (χ0n) is 12.1. The first-order chi connectivity index (χ1) is 9.33. The lowest BCUT2D eigenvalue weighted by Crippen LogP contribution is -2.03. The van der Waals surface area contributed by atoms with Gasteiger partial charge in [0.2, 0.25) is 0 Å². The van der Waals surface area contributed by atoms with E-state index in [1.54, 1.807) is 0 Å². The van der Waals surface area contributed by atoms with Crippen LogP contribution in [0, 0.1) is 6.92 Å². The molecular formula is C16H27NO2. The Morgan fingerprint density at radius 3 is 2.16 bits per heavy atom. The van der Waals surface area contributed by atoms with Crippen molar-refractivity contribution < 1.29 is 9.47 Å². The number of aryl methyl sites for hydroxylation is 1. The second kappa shape index (κ2) is 10.8. The molecule has 2 N–H and O–H groups in total. The van der Waals surface area contributed by atoms with Crippen LogP contribution in [0.25, 0.3) is 0 Å². The largest absolute Gasteiger partial charge is 0.494 e. The van der Waals surface area contributed by atoms with Crippen molar-refractivity contribution in [3.05, 3.63) is 29.8 Å². The van der Waals surface area contributed by atoms with E-state index in [0.717, 1.165) is 57.8 Å². The van der Waals surface area contributed by atoms with Crippen LogP contribution < -0.4 is 10.5 Å². The molecule has 0 fully saturated rings. The Morgan fingerprint density at radius 2 is 1.47 bits per heavy atom. The molecule has 0 heterocycles. The highest BCUT2D eigenvalue weighted by Crippen LogP contribution is 2.11. The fraction of sp³-hybridized carbons (Fsp3) is 0.625. The van der Waals surface area contributed by atoms with Crippen molar-refractivity contribution in [3.63, 3.8) is 0 Å². The van der Waals surface area contributed by atoms with Gasteiger partial charge in [0.15, 0.2) is 0 Å². The van der Waals surface area contributed by atoms with Crippen LogP contribution in [-0.4, -0.2) is 26.4 Å². The first-order valence-corrected chi connectivity index (χ1v) is 7.30. The molecule has 1 aromatic carbocycles. The Kier molecular flexibility index (Phi) is 9.11. The lowest BCUT2D eigenvalue weighted by molar-refractivity contribution is 0.122. The average Bonchev–Trinajstić information content (AvgIpc) is 2.43. The van der Waals surface area contributed by atoms with E-state index in [-0.39, 0.29) is 0 Å². The third kappa shape index (κ3) is 8.62. The molecule has 3 nitrogen and oxygen atoms in total. The Labute approximate surface area is 117 Å². The molecule has 0 saturated heterocycles. The standard InChI is InChI=1S/C16H27NO2/c1-15-7-9-16(10-8-15)19-14-6-5-13-18-12-4-2-3-11-17/h7-10H,2-6,11-14,17H2,1H3. The van der Waals surface area contributed by atoms with Gasteiger partial charge in [0.05, 0.1) is 6.61 Å². The minimum atomic E-state index is 0.763. The summed E-state index contributed by atoms with van der Waals surface area (Å²) in [5.74, 6) is 0.952. The summed E-state index contributed by atoms with van der Waals surface area (Å²) < 4.78 is 11.2. The van der Waals surface area contributed by atoms with Crippen molar-refractivity contribution in [2.45, 2.75) is 39.0 Å². The molecule has 19 heavy (non-hydrogen) atoms. The molecule has 3 heteroatoms. The van der Waals surface area contributed by atoms with Crippen molar-refractivity contribution in [2.75, 3.05) is 26.4 Å². The molecule has 0 bridgehead atoms. The maximum atomic E-state index is 5.65. The summed E-state index contributed by atoms with van der Waals surface area (Å²) in [6.45, 7) is 5.32. The average molecular weight is 265 g/mol. The van der Waals surface area contributed by atoms with Gasteiger partial charge >= 0.3 is 0 Å². The van der Waals surface area contributed by atoms with Crippen LogP contribution in [0.1, 0.15) is 37.7 Å². The number of ether oxygens (including phenoxy) is 2. The van der Waals surface area contributed by atoms with E-state index in [2.05, 4.69) is 19.1 Å². The van der Waals surface area contributed by atoms with Crippen molar-refractivity contribution in [3.8, 4) is 5.75 Å². The molecule has 0 unspecified atom stereocenters. The van der Waals surface area contributed by atoms with Gasteiger partial charge in [-0.15, -0.1) is 0 Å². The van der Waals surface area contributed by atoms with E-state index < -0.39 is 0 Å². The van der Waals surface area contributed by atoms with Gasteiger partial charge in [-0.25, -0.2) is 0 Å². The van der Waals surface area contributed by atoms with Gasteiger partial charge in [-0.2, -0.15) is 0 Å². The SMILES string of the molecule is Cc1ccc(OCCCCOCCCCCN)cc1. The first kappa shape index (κ1) is 16.0. The highest BCUT2D eigenvalue weighted by molar-refractivity contribution is 5.26. The van der Waals surface area contributed by atoms with Crippen LogP contribution >= 0.6 is 0 Å². The number of hydrogen-bond acceptors (Lipinski definition) is 3. The Morgan fingerprint density at radius 1 is 0.842 bits per heavy atom. The number of nitrogens with two attached hydrogens (primary N) is 1. The minimum absolute atomic E-state index is 0.763. The molecule has 0 aliphatic rings. The molecule has 0 saturated carbocycles. The summed E-state index contributed by atoms with van der Waals surface area (Å²) >= 11 is 0. The third-order valence-electron chi connectivity index (χ3n) is 2.97. The summed E-state index contributed by atoms with van der Waals surface area (Å²) in [7, 11) is 0. The maximum Gasteiger partial charge on any atom is 0.119 e. The number of benzene rings is 1. The number of unbranched alkanes of at least 4 members (excludes halogenated alkanes) is 3. The predicted octanol–water partition coefficient (Wildman–Crippen LogP) is 3.30. The quantitative estimate of drug-likeness (QED) is 0.624. The van der Waals surface area contributed by atoms with Crippen LogP contribution in [0.3, 0.4) is 0 Å². The van der Waals surface area contributed by atoms with Gasteiger partial charge in [-0.05, 0) is 57.7 Å². The lowest BCUT2D eigenvalue weighted by atomic mass is 10.2. The molecule has 0 amide bonds. The predicted molar refractivity (Wildman–Crippen MR) is 79.6 cm³/mol. The summed E-state index contributed by atoms with van der Waals surface area (Å²) in [5.41, 5.74) is 6.69. The molecule has 1 rings (SSSR count). The summed E-state index contributed by atoms with van der Waals surface area (Å²) in [6, 6.07) is 8.17. The fourth-order valence-corrected chi connectivity index (χ4v) is 1.76. The van der Waals surface area contributed by atoms with Crippen LogP contribution in [0.15, 0.2) is 24.3 Å². The molecule has 0 aliphatic carbocycles. The van der Waals surface area contributed by atoms with Gasteiger partial charge in [0.1, 0.15) is 5.75 Å². The van der Waals surface area contributed by atoms with Crippen LogP contribution in [0.2, 0.25) is 0 Å². The molecular weight excluding hydrogens is 238 g/mol. The van der Waals surface area contributed by atoms with Gasteiger partial charge in [0.25, 0.3) is 0 Å². The van der Waals surface area contributed by atoms with E-state index in [4.69, 9.17) is 15.2 Å². The zero-order valence-corrected chi connectivity index (χ0v) is 12.1. The molecule has 0 radical (unpaired) electrons. The molecule has 0 aromatic heterocycles. The normalized spacial score (nSPS) is 10.6. The third-order valence-corrected chi connectivity index (χ3v) is 2.97. The molecule has 0 spiro atoms. The molecule has 0 aliphatic heterocycles. The Bertz CT molecular complexity index is 311. The van der Waals surface area contributed by atoms with Gasteiger partial charge in [0, 0.05) is 13.2 Å². The monoisotopic (exact) mass is 265 g/mol.